The third-order valence-corrected chi connectivity index (χ3v) is 4.38. The van der Waals surface area contributed by atoms with E-state index in [4.69, 9.17) is 4.74 Å². The van der Waals surface area contributed by atoms with Gasteiger partial charge < -0.3 is 25.6 Å². The number of para-hydroxylation sites is 2. The van der Waals surface area contributed by atoms with Gasteiger partial charge in [0.2, 0.25) is 11.8 Å². The molecule has 2 aromatic rings. The smallest absolute Gasteiger partial charge is 0.262 e. The first-order chi connectivity index (χ1) is 14.4. The van der Waals surface area contributed by atoms with Gasteiger partial charge in [-0.15, -0.1) is 0 Å². The van der Waals surface area contributed by atoms with Crippen molar-refractivity contribution in [3.8, 4) is 5.75 Å². The predicted molar refractivity (Wildman–Crippen MR) is 105 cm³/mol. The highest BCUT2D eigenvalue weighted by atomic mass is 19.2. The molecule has 0 unspecified atom stereocenters. The molecule has 0 spiro atoms. The monoisotopic (exact) mass is 418 g/mol. The summed E-state index contributed by atoms with van der Waals surface area (Å²) in [5.41, 5.74) is 0.725. The molecule has 2 aromatic carbocycles. The normalized spacial score (nSPS) is 14.9. The van der Waals surface area contributed by atoms with Gasteiger partial charge in [-0.05, 0) is 24.3 Å². The van der Waals surface area contributed by atoms with Gasteiger partial charge in [0.05, 0.1) is 25.3 Å². The van der Waals surface area contributed by atoms with Crippen molar-refractivity contribution in [2.45, 2.75) is 6.10 Å². The molecule has 3 N–H and O–H groups in total. The minimum atomic E-state index is -1.09. The summed E-state index contributed by atoms with van der Waals surface area (Å²) in [6.45, 7) is -0.305. The fourth-order valence-electron chi connectivity index (χ4n) is 2.94. The Labute approximate surface area is 171 Å². The summed E-state index contributed by atoms with van der Waals surface area (Å²) in [5, 5.41) is 7.35. The SMILES string of the molecule is CNC(=O)[C@H]1CN(CC(=O)NCC(=O)Nc2ccc(F)c(F)c2)c2ccccc2O1. The lowest BCUT2D eigenvalue weighted by Crippen LogP contribution is -2.51. The van der Waals surface area contributed by atoms with Gasteiger partial charge >= 0.3 is 0 Å². The van der Waals surface area contributed by atoms with Gasteiger partial charge in [0.1, 0.15) is 5.75 Å². The molecule has 10 heteroatoms. The first-order valence-electron chi connectivity index (χ1n) is 9.11. The summed E-state index contributed by atoms with van der Waals surface area (Å²) in [4.78, 5) is 38.0. The fraction of sp³-hybridized carbons (Fsp3) is 0.250. The average Bonchev–Trinajstić information content (AvgIpc) is 2.74. The Hall–Kier alpha value is -3.69. The maximum Gasteiger partial charge on any atom is 0.262 e. The molecule has 0 bridgehead atoms. The van der Waals surface area contributed by atoms with Gasteiger partial charge in [0, 0.05) is 18.8 Å². The number of carbonyl (C=O) groups excluding carboxylic acids is 3. The van der Waals surface area contributed by atoms with Gasteiger partial charge in [-0.25, -0.2) is 8.78 Å². The van der Waals surface area contributed by atoms with Crippen LogP contribution in [0.3, 0.4) is 0 Å². The number of hydrogen-bond acceptors (Lipinski definition) is 5. The van der Waals surface area contributed by atoms with Crippen LogP contribution < -0.4 is 25.6 Å². The molecule has 1 heterocycles. The first-order valence-corrected chi connectivity index (χ1v) is 9.11. The lowest BCUT2D eigenvalue weighted by Gasteiger charge is -2.34. The van der Waals surface area contributed by atoms with Crippen LogP contribution in [0.2, 0.25) is 0 Å². The van der Waals surface area contributed by atoms with E-state index in [0.29, 0.717) is 11.4 Å². The number of ether oxygens (including phenoxy) is 1. The van der Waals surface area contributed by atoms with Crippen molar-refractivity contribution in [1.82, 2.24) is 10.6 Å². The molecular weight excluding hydrogens is 398 g/mol. The van der Waals surface area contributed by atoms with Crippen LogP contribution in [0.5, 0.6) is 5.75 Å². The number of anilines is 2. The topological polar surface area (TPSA) is 99.8 Å². The van der Waals surface area contributed by atoms with Crippen LogP contribution in [0.25, 0.3) is 0 Å². The zero-order chi connectivity index (χ0) is 21.7. The number of nitrogens with zero attached hydrogens (tertiary/aromatic N) is 1. The van der Waals surface area contributed by atoms with Crippen molar-refractivity contribution in [3.05, 3.63) is 54.1 Å². The average molecular weight is 418 g/mol. The molecule has 3 rings (SSSR count). The second-order valence-electron chi connectivity index (χ2n) is 6.52. The standard InChI is InChI=1S/C20H20F2N4O4/c1-23-20(29)17-10-26(15-4-2-3-5-16(15)30-17)11-19(28)24-9-18(27)25-12-6-7-13(21)14(22)8-12/h2-8,17H,9-11H2,1H3,(H,23,29)(H,24,28)(H,25,27)/t17-/m1/s1. The maximum atomic E-state index is 13.2. The fourth-order valence-corrected chi connectivity index (χ4v) is 2.94. The molecule has 158 valence electrons. The number of hydrogen-bond donors (Lipinski definition) is 3. The van der Waals surface area contributed by atoms with E-state index in [1.807, 2.05) is 0 Å². The van der Waals surface area contributed by atoms with Crippen molar-refractivity contribution in [3.63, 3.8) is 0 Å². The molecule has 0 radical (unpaired) electrons. The third kappa shape index (κ3) is 5.02. The predicted octanol–water partition coefficient (Wildman–Crippen LogP) is 1.03. The van der Waals surface area contributed by atoms with Gasteiger partial charge in [0.25, 0.3) is 5.91 Å². The molecule has 0 saturated carbocycles. The number of likely N-dealkylation sites (N-methyl/N-ethyl adjacent to an activating group) is 1. The summed E-state index contributed by atoms with van der Waals surface area (Å²) < 4.78 is 31.8. The molecular formula is C20H20F2N4O4. The number of amides is 3. The Balaban J connectivity index is 1.57. The molecule has 0 fully saturated rings. The van der Waals surface area contributed by atoms with E-state index in [2.05, 4.69) is 16.0 Å². The Kier molecular flexibility index (Phi) is 6.45. The second-order valence-corrected chi connectivity index (χ2v) is 6.52. The van der Waals surface area contributed by atoms with E-state index in [1.165, 1.54) is 13.1 Å². The van der Waals surface area contributed by atoms with E-state index in [0.717, 1.165) is 12.1 Å². The largest absolute Gasteiger partial charge is 0.477 e. The molecule has 0 aromatic heterocycles. The minimum absolute atomic E-state index is 0.0728. The number of nitrogens with one attached hydrogen (secondary N) is 3. The number of rotatable bonds is 6. The second kappa shape index (κ2) is 9.21. The first kappa shape index (κ1) is 21.0. The highest BCUT2D eigenvalue weighted by Gasteiger charge is 2.31. The van der Waals surface area contributed by atoms with E-state index in [9.17, 15) is 23.2 Å². The van der Waals surface area contributed by atoms with E-state index in [1.54, 1.807) is 29.2 Å². The van der Waals surface area contributed by atoms with Crippen LogP contribution in [0, 0.1) is 11.6 Å². The van der Waals surface area contributed by atoms with Crippen molar-refractivity contribution in [2.75, 3.05) is 36.9 Å². The van der Waals surface area contributed by atoms with Crippen molar-refractivity contribution >= 4 is 29.1 Å². The molecule has 0 saturated heterocycles. The Morgan fingerprint density at radius 1 is 1.10 bits per heavy atom. The quantitative estimate of drug-likeness (QED) is 0.651. The summed E-state index contributed by atoms with van der Waals surface area (Å²) >= 11 is 0. The number of benzene rings is 2. The van der Waals surface area contributed by atoms with Crippen LogP contribution in [-0.2, 0) is 14.4 Å². The highest BCUT2D eigenvalue weighted by Crippen LogP contribution is 2.32. The number of halogens is 2. The lowest BCUT2D eigenvalue weighted by molar-refractivity contribution is -0.127. The van der Waals surface area contributed by atoms with Crippen molar-refractivity contribution in [2.24, 2.45) is 0 Å². The zero-order valence-corrected chi connectivity index (χ0v) is 16.1. The van der Waals surface area contributed by atoms with Crippen LogP contribution in [0.1, 0.15) is 0 Å². The molecule has 30 heavy (non-hydrogen) atoms. The maximum absolute atomic E-state index is 13.2. The Morgan fingerprint density at radius 3 is 2.60 bits per heavy atom. The summed E-state index contributed by atoms with van der Waals surface area (Å²) in [6, 6.07) is 9.94. The molecule has 0 aliphatic carbocycles. The van der Waals surface area contributed by atoms with E-state index in [-0.39, 0.29) is 31.2 Å². The Morgan fingerprint density at radius 2 is 1.87 bits per heavy atom. The van der Waals surface area contributed by atoms with Crippen LogP contribution in [0.15, 0.2) is 42.5 Å². The minimum Gasteiger partial charge on any atom is -0.477 e. The zero-order valence-electron chi connectivity index (χ0n) is 16.1. The molecule has 1 atom stereocenters. The summed E-state index contributed by atoms with van der Waals surface area (Å²) in [6.07, 6.45) is -0.783. The van der Waals surface area contributed by atoms with Gasteiger partial charge in [-0.2, -0.15) is 0 Å². The number of fused-ring (bicyclic) bond motifs is 1. The van der Waals surface area contributed by atoms with E-state index < -0.39 is 29.6 Å². The lowest BCUT2D eigenvalue weighted by atomic mass is 10.1. The summed E-state index contributed by atoms with van der Waals surface area (Å²) in [5.74, 6) is -3.01. The summed E-state index contributed by atoms with van der Waals surface area (Å²) in [7, 11) is 1.49. The molecule has 1 aliphatic heterocycles. The third-order valence-electron chi connectivity index (χ3n) is 4.38. The van der Waals surface area contributed by atoms with Gasteiger partial charge in [0.15, 0.2) is 17.7 Å². The van der Waals surface area contributed by atoms with Gasteiger partial charge in [-0.3, -0.25) is 14.4 Å². The Bertz CT molecular complexity index is 970. The molecule has 3 amide bonds. The van der Waals surface area contributed by atoms with Crippen molar-refractivity contribution < 1.29 is 27.9 Å². The van der Waals surface area contributed by atoms with Crippen LogP contribution >= 0.6 is 0 Å². The highest BCUT2D eigenvalue weighted by molar-refractivity contribution is 5.95. The van der Waals surface area contributed by atoms with Crippen LogP contribution in [0.4, 0.5) is 20.2 Å². The van der Waals surface area contributed by atoms with Crippen molar-refractivity contribution in [1.29, 1.82) is 0 Å². The van der Waals surface area contributed by atoms with Crippen LogP contribution in [-0.4, -0.2) is 50.5 Å². The molecule has 1 aliphatic rings. The number of carbonyl (C=O) groups is 3. The van der Waals surface area contributed by atoms with E-state index >= 15 is 0 Å². The molecule has 8 nitrogen and oxygen atoms in total. The van der Waals surface area contributed by atoms with Gasteiger partial charge in [-0.1, -0.05) is 12.1 Å².